The third-order valence-corrected chi connectivity index (χ3v) is 6.85. The van der Waals surface area contributed by atoms with Crippen LogP contribution in [-0.4, -0.2) is 97.7 Å². The summed E-state index contributed by atoms with van der Waals surface area (Å²) in [5, 5.41) is 33.7. The van der Waals surface area contributed by atoms with Crippen LogP contribution in [0.2, 0.25) is 0 Å². The Balaban J connectivity index is 0.000000410. The average molecular weight is 631 g/mol. The summed E-state index contributed by atoms with van der Waals surface area (Å²) in [5.41, 5.74) is 5.24. The number of nitrogens with zero attached hydrogens (tertiary/aromatic N) is 3. The Kier molecular flexibility index (Phi) is 12.9. The fourth-order valence-corrected chi connectivity index (χ4v) is 4.87. The van der Waals surface area contributed by atoms with Gasteiger partial charge < -0.3 is 25.7 Å². The van der Waals surface area contributed by atoms with Crippen molar-refractivity contribution in [3.8, 4) is 0 Å². The molecule has 2 heterocycles. The Labute approximate surface area is 264 Å². The van der Waals surface area contributed by atoms with E-state index < -0.39 is 23.9 Å². The summed E-state index contributed by atoms with van der Waals surface area (Å²) in [7, 11) is 0. The number of hydrogen-bond acceptors (Lipinski definition) is 8. The summed E-state index contributed by atoms with van der Waals surface area (Å²) >= 11 is 0. The number of fused-ring (bicyclic) bond motifs is 1. The minimum Gasteiger partial charge on any atom is -0.473 e. The van der Waals surface area contributed by atoms with Gasteiger partial charge in [0.2, 0.25) is 5.91 Å². The number of rotatable bonds is 6. The van der Waals surface area contributed by atoms with Gasteiger partial charge in [0.05, 0.1) is 23.8 Å². The number of carboxylic acid groups (broad SMARTS) is 4. The fraction of sp³-hybridized carbons (Fsp3) is 0.212. The van der Waals surface area contributed by atoms with E-state index in [0.717, 1.165) is 48.5 Å². The maximum Gasteiger partial charge on any atom is 0.414 e. The molecule has 13 heteroatoms. The van der Waals surface area contributed by atoms with Crippen LogP contribution in [0.5, 0.6) is 0 Å². The molecule has 3 aromatic carbocycles. The lowest BCUT2D eigenvalue weighted by molar-refractivity contribution is -0.159. The molecule has 1 saturated heterocycles. The average Bonchev–Trinajstić information content (AvgIpc) is 3.03. The lowest BCUT2D eigenvalue weighted by atomic mass is 9.96. The highest BCUT2D eigenvalue weighted by Crippen LogP contribution is 2.29. The van der Waals surface area contributed by atoms with E-state index in [4.69, 9.17) is 39.6 Å². The Morgan fingerprint density at radius 2 is 1.15 bits per heavy atom. The number of benzene rings is 3. The van der Waals surface area contributed by atoms with Crippen LogP contribution in [0, 0.1) is 6.92 Å². The van der Waals surface area contributed by atoms with Crippen molar-refractivity contribution in [2.24, 2.45) is 0 Å². The van der Waals surface area contributed by atoms with Gasteiger partial charge in [-0.25, -0.2) is 19.2 Å². The highest BCUT2D eigenvalue weighted by molar-refractivity contribution is 6.27. The van der Waals surface area contributed by atoms with Gasteiger partial charge in [-0.3, -0.25) is 19.6 Å². The molecule has 1 aromatic heterocycles. The van der Waals surface area contributed by atoms with Gasteiger partial charge in [-0.15, -0.1) is 0 Å². The van der Waals surface area contributed by atoms with Crippen LogP contribution in [0.4, 0.5) is 5.69 Å². The molecule has 0 spiro atoms. The first-order valence-electron chi connectivity index (χ1n) is 14.1. The van der Waals surface area contributed by atoms with Gasteiger partial charge in [-0.05, 0) is 30.2 Å². The van der Waals surface area contributed by atoms with Gasteiger partial charge in [-0.1, -0.05) is 78.9 Å². The Morgan fingerprint density at radius 3 is 1.63 bits per heavy atom. The van der Waals surface area contributed by atoms with Crippen molar-refractivity contribution >= 4 is 46.4 Å². The summed E-state index contributed by atoms with van der Waals surface area (Å²) in [6.45, 7) is 5.90. The molecule has 46 heavy (non-hydrogen) atoms. The molecular weight excluding hydrogens is 596 g/mol. The number of aryl methyl sites for hydroxylation is 1. The maximum absolute atomic E-state index is 12.9. The number of carbonyl (C=O) groups excluding carboxylic acids is 1. The van der Waals surface area contributed by atoms with E-state index in [1.54, 1.807) is 0 Å². The maximum atomic E-state index is 12.9. The number of anilines is 1. The van der Waals surface area contributed by atoms with Gasteiger partial charge in [0, 0.05) is 37.3 Å². The molecule has 0 atom stereocenters. The summed E-state index contributed by atoms with van der Waals surface area (Å²) in [4.78, 5) is 58.6. The molecule has 0 aliphatic carbocycles. The fourth-order valence-electron chi connectivity index (χ4n) is 4.87. The zero-order valence-corrected chi connectivity index (χ0v) is 24.9. The first-order valence-corrected chi connectivity index (χ1v) is 14.1. The number of carbonyl (C=O) groups is 5. The molecule has 13 nitrogen and oxygen atoms in total. The number of amides is 1. The topological polar surface area (TPSA) is 198 Å². The summed E-state index contributed by atoms with van der Waals surface area (Å²) < 4.78 is 0. The van der Waals surface area contributed by atoms with E-state index in [0.29, 0.717) is 6.54 Å². The highest BCUT2D eigenvalue weighted by atomic mass is 16.4. The van der Waals surface area contributed by atoms with Crippen LogP contribution in [-0.2, 0) is 24.0 Å². The number of hydrogen-bond donors (Lipinski definition) is 5. The normalized spacial score (nSPS) is 13.0. The monoisotopic (exact) mass is 630 g/mol. The van der Waals surface area contributed by atoms with Gasteiger partial charge in [0.25, 0.3) is 0 Å². The van der Waals surface area contributed by atoms with Crippen molar-refractivity contribution in [3.63, 3.8) is 0 Å². The molecule has 0 radical (unpaired) electrons. The predicted molar refractivity (Wildman–Crippen MR) is 168 cm³/mol. The van der Waals surface area contributed by atoms with Gasteiger partial charge >= 0.3 is 23.9 Å². The summed E-state index contributed by atoms with van der Waals surface area (Å²) in [6.07, 6.45) is 0. The Bertz CT molecular complexity index is 1570. The van der Waals surface area contributed by atoms with Crippen molar-refractivity contribution in [2.45, 2.75) is 13.0 Å². The second kappa shape index (κ2) is 17.0. The van der Waals surface area contributed by atoms with Crippen molar-refractivity contribution in [1.29, 1.82) is 0 Å². The van der Waals surface area contributed by atoms with Gasteiger partial charge in [0.1, 0.15) is 0 Å². The van der Waals surface area contributed by atoms with E-state index in [1.807, 2.05) is 37.3 Å². The lowest BCUT2D eigenvalue weighted by Gasteiger charge is -2.39. The lowest BCUT2D eigenvalue weighted by Crippen LogP contribution is -2.49. The summed E-state index contributed by atoms with van der Waals surface area (Å²) in [5.74, 6) is -7.28. The zero-order chi connectivity index (χ0) is 33.6. The van der Waals surface area contributed by atoms with Gasteiger partial charge in [0.15, 0.2) is 0 Å². The van der Waals surface area contributed by atoms with E-state index in [1.165, 1.54) is 11.1 Å². The molecule has 5 N–H and O–H groups in total. The van der Waals surface area contributed by atoms with E-state index in [2.05, 4.69) is 80.8 Å². The third kappa shape index (κ3) is 10.5. The molecule has 5 rings (SSSR count). The standard InChI is InChI=1S/C29H30N4O.2C2H2O4/c1-22-20-27(25-14-8-9-15-26(25)30-22)31-28(34)21-32-16-18-33(19-17-32)29(23-10-4-2-5-11-23)24-12-6-3-7-13-24;2*3-1(4)2(5)6/h2-15,20,29H,16-19,21H2,1H3,(H,30,31,34);2*(H,3,4)(H,5,6). The smallest absolute Gasteiger partial charge is 0.414 e. The number of nitrogens with one attached hydrogen (secondary N) is 1. The molecule has 240 valence electrons. The van der Waals surface area contributed by atoms with Crippen LogP contribution in [0.3, 0.4) is 0 Å². The molecule has 1 aliphatic heterocycles. The summed E-state index contributed by atoms with van der Waals surface area (Å²) in [6, 6.07) is 31.5. The molecule has 4 aromatic rings. The zero-order valence-electron chi connectivity index (χ0n) is 24.9. The first-order chi connectivity index (χ1) is 22.0. The van der Waals surface area contributed by atoms with Crippen molar-refractivity contribution in [3.05, 3.63) is 108 Å². The van der Waals surface area contributed by atoms with Gasteiger partial charge in [-0.2, -0.15) is 0 Å². The molecular formula is C33H34N4O9. The molecule has 1 fully saturated rings. The van der Waals surface area contributed by atoms with Crippen molar-refractivity contribution in [1.82, 2.24) is 14.8 Å². The minimum absolute atomic E-state index is 0.0203. The van der Waals surface area contributed by atoms with Crippen LogP contribution in [0.15, 0.2) is 91.0 Å². The number of pyridine rings is 1. The number of carboxylic acids is 4. The second-order valence-corrected chi connectivity index (χ2v) is 10.1. The number of para-hydroxylation sites is 1. The number of aliphatic carboxylic acids is 4. The molecule has 1 amide bonds. The quantitative estimate of drug-likeness (QED) is 0.195. The third-order valence-electron chi connectivity index (χ3n) is 6.85. The Hall–Kier alpha value is -5.66. The largest absolute Gasteiger partial charge is 0.473 e. The number of aromatic nitrogens is 1. The SMILES string of the molecule is Cc1cc(NC(=O)CN2CCN(C(c3ccccc3)c3ccccc3)CC2)c2ccccc2n1.O=C(O)C(=O)O.O=C(O)C(=O)O. The number of piperazine rings is 1. The van der Waals surface area contributed by atoms with E-state index in [9.17, 15) is 4.79 Å². The minimum atomic E-state index is -1.82. The molecule has 0 unspecified atom stereocenters. The predicted octanol–water partition coefficient (Wildman–Crippen LogP) is 3.20. The van der Waals surface area contributed by atoms with Crippen LogP contribution in [0.25, 0.3) is 10.9 Å². The first kappa shape index (κ1) is 34.8. The van der Waals surface area contributed by atoms with E-state index in [-0.39, 0.29) is 11.9 Å². The van der Waals surface area contributed by atoms with Crippen LogP contribution in [0.1, 0.15) is 22.9 Å². The van der Waals surface area contributed by atoms with Crippen molar-refractivity contribution < 1.29 is 44.4 Å². The second-order valence-electron chi connectivity index (χ2n) is 10.1. The Morgan fingerprint density at radius 1 is 0.696 bits per heavy atom. The van der Waals surface area contributed by atoms with E-state index >= 15 is 0 Å². The highest BCUT2D eigenvalue weighted by Gasteiger charge is 2.27. The molecule has 0 saturated carbocycles. The molecule has 1 aliphatic rings. The van der Waals surface area contributed by atoms with Crippen molar-refractivity contribution in [2.75, 3.05) is 38.0 Å². The molecule has 0 bridgehead atoms. The van der Waals surface area contributed by atoms with Crippen LogP contribution < -0.4 is 5.32 Å². The van der Waals surface area contributed by atoms with Crippen LogP contribution >= 0.6 is 0 Å².